The first kappa shape index (κ1) is 18.8. The number of hydrogen-bond donors (Lipinski definition) is 2. The van der Waals surface area contributed by atoms with Crippen LogP contribution in [-0.2, 0) is 13.0 Å². The van der Waals surface area contributed by atoms with E-state index < -0.39 is 0 Å². The zero-order chi connectivity index (χ0) is 19.1. The van der Waals surface area contributed by atoms with Gasteiger partial charge in [0.25, 0.3) is 5.91 Å². The van der Waals surface area contributed by atoms with Gasteiger partial charge in [-0.2, -0.15) is 0 Å². The van der Waals surface area contributed by atoms with Gasteiger partial charge in [0.15, 0.2) is 5.96 Å². The molecule has 0 saturated heterocycles. The molecule has 6 heteroatoms. The molecule has 142 valence electrons. The van der Waals surface area contributed by atoms with Gasteiger partial charge in [-0.3, -0.25) is 9.79 Å². The Kier molecular flexibility index (Phi) is 6.30. The fourth-order valence-corrected chi connectivity index (χ4v) is 3.20. The molecule has 0 unspecified atom stereocenters. The van der Waals surface area contributed by atoms with Crippen LogP contribution >= 0.6 is 0 Å². The molecule has 2 aromatic rings. The molecule has 3 rings (SSSR count). The fourth-order valence-electron chi connectivity index (χ4n) is 3.20. The van der Waals surface area contributed by atoms with E-state index in [2.05, 4.69) is 44.8 Å². The van der Waals surface area contributed by atoms with Crippen LogP contribution in [0.25, 0.3) is 0 Å². The fraction of sp³-hybridized carbons (Fsp3) is 0.333. The lowest BCUT2D eigenvalue weighted by Gasteiger charge is -2.31. The minimum absolute atomic E-state index is 0.0960. The number of nitrogens with one attached hydrogen (secondary N) is 2. The molecule has 0 spiro atoms. The Morgan fingerprint density at radius 2 is 1.78 bits per heavy atom. The number of aliphatic imine (C=N–C) groups is 1. The van der Waals surface area contributed by atoms with Crippen LogP contribution < -0.4 is 15.4 Å². The highest BCUT2D eigenvalue weighted by Crippen LogP contribution is 2.18. The van der Waals surface area contributed by atoms with Crippen molar-refractivity contribution in [1.82, 2.24) is 15.5 Å². The highest BCUT2D eigenvalue weighted by molar-refractivity contribution is 5.94. The zero-order valence-electron chi connectivity index (χ0n) is 15.9. The summed E-state index contributed by atoms with van der Waals surface area (Å²) in [5, 5.41) is 6.25. The number of amides is 1. The van der Waals surface area contributed by atoms with Crippen LogP contribution in [0.3, 0.4) is 0 Å². The second-order valence-corrected chi connectivity index (χ2v) is 6.40. The predicted octanol–water partition coefficient (Wildman–Crippen LogP) is 2.06. The maximum atomic E-state index is 12.2. The molecule has 2 N–H and O–H groups in total. The van der Waals surface area contributed by atoms with Gasteiger partial charge in [-0.1, -0.05) is 24.3 Å². The number of fused-ring (bicyclic) bond motifs is 1. The normalized spacial score (nSPS) is 13.7. The van der Waals surface area contributed by atoms with Crippen molar-refractivity contribution >= 4 is 11.9 Å². The van der Waals surface area contributed by atoms with Crippen LogP contribution in [0.4, 0.5) is 0 Å². The molecule has 6 nitrogen and oxygen atoms in total. The lowest BCUT2D eigenvalue weighted by molar-refractivity contribution is 0.0954. The third-order valence-electron chi connectivity index (χ3n) is 4.69. The molecule has 1 heterocycles. The zero-order valence-corrected chi connectivity index (χ0v) is 15.9. The van der Waals surface area contributed by atoms with Gasteiger partial charge in [0.1, 0.15) is 5.75 Å². The summed E-state index contributed by atoms with van der Waals surface area (Å²) >= 11 is 0. The maximum absolute atomic E-state index is 12.2. The monoisotopic (exact) mass is 366 g/mol. The van der Waals surface area contributed by atoms with Gasteiger partial charge in [0, 0.05) is 38.8 Å². The van der Waals surface area contributed by atoms with E-state index in [4.69, 9.17) is 4.74 Å². The molecule has 0 bridgehead atoms. The van der Waals surface area contributed by atoms with Crippen LogP contribution in [0.2, 0.25) is 0 Å². The number of carbonyl (C=O) groups is 1. The molecule has 2 aromatic carbocycles. The third kappa shape index (κ3) is 4.78. The van der Waals surface area contributed by atoms with Gasteiger partial charge in [-0.25, -0.2) is 0 Å². The van der Waals surface area contributed by atoms with Crippen LogP contribution in [0.1, 0.15) is 21.5 Å². The summed E-state index contributed by atoms with van der Waals surface area (Å²) in [5.41, 5.74) is 3.38. The summed E-state index contributed by atoms with van der Waals surface area (Å²) < 4.78 is 5.11. The summed E-state index contributed by atoms with van der Waals surface area (Å²) in [6.07, 6.45) is 1.02. The maximum Gasteiger partial charge on any atom is 0.251 e. The Bertz CT molecular complexity index is 802. The first-order chi connectivity index (χ1) is 13.2. The van der Waals surface area contributed by atoms with Gasteiger partial charge in [-0.15, -0.1) is 0 Å². The standard InChI is InChI=1S/C21H26N4O2/c1-22-21(25-14-11-16-5-3-4-6-18(16)15-25)24-13-12-23-20(26)17-7-9-19(27-2)10-8-17/h3-10H,11-15H2,1-2H3,(H,22,24)(H,23,26). The van der Waals surface area contributed by atoms with E-state index in [9.17, 15) is 4.79 Å². The minimum Gasteiger partial charge on any atom is -0.497 e. The molecule has 1 aliphatic heterocycles. The number of nitrogens with zero attached hydrogens (tertiary/aromatic N) is 2. The summed E-state index contributed by atoms with van der Waals surface area (Å²) in [6.45, 7) is 2.93. The molecule has 0 aromatic heterocycles. The van der Waals surface area contributed by atoms with E-state index in [1.165, 1.54) is 11.1 Å². The molecule has 0 atom stereocenters. The highest BCUT2D eigenvalue weighted by Gasteiger charge is 2.18. The highest BCUT2D eigenvalue weighted by atomic mass is 16.5. The second-order valence-electron chi connectivity index (χ2n) is 6.40. The Balaban J connectivity index is 1.45. The number of guanidine groups is 1. The van der Waals surface area contributed by atoms with E-state index in [0.717, 1.165) is 31.2 Å². The summed E-state index contributed by atoms with van der Waals surface area (Å²) in [7, 11) is 3.40. The van der Waals surface area contributed by atoms with Crippen molar-refractivity contribution < 1.29 is 9.53 Å². The molecule has 0 saturated carbocycles. The van der Waals surface area contributed by atoms with Crippen LogP contribution in [0.5, 0.6) is 5.75 Å². The molecular formula is C21H26N4O2. The smallest absolute Gasteiger partial charge is 0.251 e. The van der Waals surface area contributed by atoms with E-state index in [1.54, 1.807) is 38.4 Å². The Morgan fingerprint density at radius 3 is 2.48 bits per heavy atom. The van der Waals surface area contributed by atoms with Crippen molar-refractivity contribution in [3.63, 3.8) is 0 Å². The lowest BCUT2D eigenvalue weighted by Crippen LogP contribution is -2.46. The van der Waals surface area contributed by atoms with E-state index in [-0.39, 0.29) is 5.91 Å². The quantitative estimate of drug-likeness (QED) is 0.483. The number of benzene rings is 2. The summed E-state index contributed by atoms with van der Waals surface area (Å²) in [5.74, 6) is 1.50. The number of hydrogen-bond acceptors (Lipinski definition) is 3. The van der Waals surface area contributed by atoms with Gasteiger partial charge in [-0.05, 0) is 41.8 Å². The Hall–Kier alpha value is -3.02. The average Bonchev–Trinajstić information content (AvgIpc) is 2.73. The van der Waals surface area contributed by atoms with Gasteiger partial charge >= 0.3 is 0 Å². The Labute approximate surface area is 160 Å². The van der Waals surface area contributed by atoms with Crippen molar-refractivity contribution in [2.75, 3.05) is 33.8 Å². The topological polar surface area (TPSA) is 66.0 Å². The molecule has 0 radical (unpaired) electrons. The van der Waals surface area contributed by atoms with Crippen LogP contribution in [0.15, 0.2) is 53.5 Å². The first-order valence-electron chi connectivity index (χ1n) is 9.16. The van der Waals surface area contributed by atoms with Gasteiger partial charge in [0.2, 0.25) is 0 Å². The van der Waals surface area contributed by atoms with Crippen molar-refractivity contribution in [2.24, 2.45) is 4.99 Å². The van der Waals surface area contributed by atoms with E-state index in [0.29, 0.717) is 18.7 Å². The molecule has 1 aliphatic rings. The SMILES string of the molecule is CN=C(NCCNC(=O)c1ccc(OC)cc1)N1CCc2ccccc2C1. The van der Waals surface area contributed by atoms with Gasteiger partial charge < -0.3 is 20.3 Å². The third-order valence-corrected chi connectivity index (χ3v) is 4.69. The number of ether oxygens (including phenoxy) is 1. The predicted molar refractivity (Wildman–Crippen MR) is 107 cm³/mol. The molecule has 0 aliphatic carbocycles. The largest absolute Gasteiger partial charge is 0.497 e. The number of methoxy groups -OCH3 is 1. The Morgan fingerprint density at radius 1 is 1.07 bits per heavy atom. The number of rotatable bonds is 5. The van der Waals surface area contributed by atoms with Crippen LogP contribution in [-0.4, -0.2) is 50.6 Å². The summed E-state index contributed by atoms with van der Waals surface area (Å²) in [4.78, 5) is 18.8. The van der Waals surface area contributed by atoms with Gasteiger partial charge in [0.05, 0.1) is 7.11 Å². The number of carbonyl (C=O) groups excluding carboxylic acids is 1. The van der Waals surface area contributed by atoms with Crippen molar-refractivity contribution in [3.8, 4) is 5.75 Å². The molecule has 27 heavy (non-hydrogen) atoms. The van der Waals surface area contributed by atoms with E-state index in [1.807, 2.05) is 0 Å². The minimum atomic E-state index is -0.0960. The average molecular weight is 366 g/mol. The van der Waals surface area contributed by atoms with Crippen molar-refractivity contribution in [1.29, 1.82) is 0 Å². The van der Waals surface area contributed by atoms with Crippen molar-refractivity contribution in [3.05, 3.63) is 65.2 Å². The molecule has 0 fully saturated rings. The second kappa shape index (κ2) is 9.07. The van der Waals surface area contributed by atoms with E-state index >= 15 is 0 Å². The van der Waals surface area contributed by atoms with Crippen molar-refractivity contribution in [2.45, 2.75) is 13.0 Å². The first-order valence-corrected chi connectivity index (χ1v) is 9.16. The summed E-state index contributed by atoms with van der Waals surface area (Å²) in [6, 6.07) is 15.6. The van der Waals surface area contributed by atoms with Crippen LogP contribution in [0, 0.1) is 0 Å². The molecule has 1 amide bonds. The molecular weight excluding hydrogens is 340 g/mol. The lowest BCUT2D eigenvalue weighted by atomic mass is 10.0.